The molecule has 2 aliphatic rings. The van der Waals surface area contributed by atoms with E-state index in [0.717, 1.165) is 22.9 Å². The highest BCUT2D eigenvalue weighted by molar-refractivity contribution is 7.89. The van der Waals surface area contributed by atoms with Crippen LogP contribution in [0.1, 0.15) is 23.2 Å². The van der Waals surface area contributed by atoms with Gasteiger partial charge in [-0.05, 0) is 78.9 Å². The van der Waals surface area contributed by atoms with Crippen molar-refractivity contribution in [3.05, 3.63) is 82.7 Å². The van der Waals surface area contributed by atoms with E-state index in [2.05, 4.69) is 5.10 Å². The molecule has 1 aliphatic carbocycles. The first kappa shape index (κ1) is 23.4. The van der Waals surface area contributed by atoms with Gasteiger partial charge < -0.3 is 4.74 Å². The second kappa shape index (κ2) is 8.39. The van der Waals surface area contributed by atoms with Crippen molar-refractivity contribution < 1.29 is 26.7 Å². The first-order valence-corrected chi connectivity index (χ1v) is 12.5. The van der Waals surface area contributed by atoms with Crippen LogP contribution in [0.3, 0.4) is 0 Å². The summed E-state index contributed by atoms with van der Waals surface area (Å²) < 4.78 is 62.3. The van der Waals surface area contributed by atoms with Crippen molar-refractivity contribution in [3.63, 3.8) is 0 Å². The van der Waals surface area contributed by atoms with Crippen molar-refractivity contribution in [2.24, 2.45) is 5.41 Å². The topological polar surface area (TPSA) is 81.5 Å². The Bertz CT molecular complexity index is 1460. The second-order valence-corrected chi connectivity index (χ2v) is 10.8. The normalized spacial score (nSPS) is 20.1. The van der Waals surface area contributed by atoms with Crippen LogP contribution in [0.25, 0.3) is 11.8 Å². The summed E-state index contributed by atoms with van der Waals surface area (Å²) in [5.74, 6) is -1.51. The van der Waals surface area contributed by atoms with Gasteiger partial charge in [-0.1, -0.05) is 6.07 Å². The van der Waals surface area contributed by atoms with Crippen LogP contribution in [0.2, 0.25) is 0 Å². The van der Waals surface area contributed by atoms with Gasteiger partial charge in [-0.25, -0.2) is 21.9 Å². The summed E-state index contributed by atoms with van der Waals surface area (Å²) in [5, 5.41) is 4.43. The number of hydrogen-bond acceptors (Lipinski definition) is 5. The fourth-order valence-electron chi connectivity index (χ4n) is 4.86. The first-order chi connectivity index (χ1) is 16.7. The van der Waals surface area contributed by atoms with Crippen LogP contribution >= 0.6 is 0 Å². The number of benzene rings is 2. The van der Waals surface area contributed by atoms with E-state index in [-0.39, 0.29) is 36.6 Å². The number of ether oxygens (including phenoxy) is 1. The maximum Gasteiger partial charge on any atom is 0.317 e. The van der Waals surface area contributed by atoms with Gasteiger partial charge in [0.25, 0.3) is 0 Å². The zero-order chi connectivity index (χ0) is 25.0. The lowest BCUT2D eigenvalue weighted by atomic mass is 9.69. The molecule has 1 aliphatic heterocycles. The number of piperidine rings is 1. The molecule has 0 spiro atoms. The molecule has 1 fully saturated rings. The Hall–Kier alpha value is -3.37. The highest BCUT2D eigenvalue weighted by Gasteiger charge is 2.51. The van der Waals surface area contributed by atoms with E-state index in [0.29, 0.717) is 11.3 Å². The molecular formula is C25H23F2N3O4S. The number of carbonyl (C=O) groups excluding carboxylic acids is 1. The van der Waals surface area contributed by atoms with Crippen molar-refractivity contribution in [1.82, 2.24) is 14.1 Å². The Morgan fingerprint density at radius 1 is 1.14 bits per heavy atom. The van der Waals surface area contributed by atoms with Crippen LogP contribution in [0.5, 0.6) is 0 Å². The fourth-order valence-corrected chi connectivity index (χ4v) is 6.37. The van der Waals surface area contributed by atoms with Crippen LogP contribution in [-0.4, -0.2) is 48.7 Å². The molecule has 0 bridgehead atoms. The van der Waals surface area contributed by atoms with Gasteiger partial charge in [-0.2, -0.15) is 9.40 Å². The van der Waals surface area contributed by atoms with Crippen molar-refractivity contribution in [2.75, 3.05) is 20.2 Å². The summed E-state index contributed by atoms with van der Waals surface area (Å²) in [4.78, 5) is 13.0. The van der Waals surface area contributed by atoms with E-state index in [1.54, 1.807) is 29.9 Å². The predicted molar refractivity (Wildman–Crippen MR) is 124 cm³/mol. The predicted octanol–water partition coefficient (Wildman–Crippen LogP) is 3.65. The quantitative estimate of drug-likeness (QED) is 0.512. The number of halogens is 2. The van der Waals surface area contributed by atoms with Crippen molar-refractivity contribution >= 4 is 22.1 Å². The molecule has 0 saturated carbocycles. The molecule has 2 aromatic carbocycles. The van der Waals surface area contributed by atoms with Crippen molar-refractivity contribution in [3.8, 4) is 5.69 Å². The molecule has 0 N–H and O–H groups in total. The summed E-state index contributed by atoms with van der Waals surface area (Å²) in [5.41, 5.74) is 2.01. The number of fused-ring (bicyclic) bond motifs is 2. The maximum absolute atomic E-state index is 14.1. The van der Waals surface area contributed by atoms with Crippen LogP contribution in [0, 0.1) is 24.0 Å². The Labute approximate surface area is 201 Å². The molecule has 3 aromatic rings. The van der Waals surface area contributed by atoms with E-state index in [9.17, 15) is 22.0 Å². The number of hydrogen-bond donors (Lipinski definition) is 0. The number of aromatic nitrogens is 2. The lowest BCUT2D eigenvalue weighted by Gasteiger charge is -2.43. The van der Waals surface area contributed by atoms with Crippen LogP contribution in [0.15, 0.2) is 59.1 Å². The van der Waals surface area contributed by atoms with Crippen LogP contribution in [0.4, 0.5) is 8.78 Å². The SMILES string of the molecule is COC(=O)C12Cc3cnn(-c4ccc(F)cc4)c3C=C1CCN(S(=O)(=O)c1ccc(C)c(F)c1)C2. The average Bonchev–Trinajstić information content (AvgIpc) is 3.25. The third-order valence-electron chi connectivity index (χ3n) is 6.81. The molecule has 7 nitrogen and oxygen atoms in total. The van der Waals surface area contributed by atoms with Gasteiger partial charge in [0.15, 0.2) is 0 Å². The molecule has 10 heteroatoms. The Balaban J connectivity index is 1.54. The summed E-state index contributed by atoms with van der Waals surface area (Å²) in [6, 6.07) is 9.70. The number of esters is 1. The largest absolute Gasteiger partial charge is 0.468 e. The molecule has 35 heavy (non-hydrogen) atoms. The minimum Gasteiger partial charge on any atom is -0.468 e. The molecule has 1 unspecified atom stereocenters. The Kier molecular flexibility index (Phi) is 5.60. The molecule has 182 valence electrons. The molecule has 1 aromatic heterocycles. The monoisotopic (exact) mass is 499 g/mol. The van der Waals surface area contributed by atoms with Crippen LogP contribution < -0.4 is 0 Å². The lowest BCUT2D eigenvalue weighted by Crippen LogP contribution is -2.53. The number of rotatable bonds is 4. The number of methoxy groups -OCH3 is 1. The maximum atomic E-state index is 14.1. The Morgan fingerprint density at radius 3 is 2.57 bits per heavy atom. The number of nitrogens with zero attached hydrogens (tertiary/aromatic N) is 3. The molecule has 5 rings (SSSR count). The van der Waals surface area contributed by atoms with Gasteiger partial charge in [-0.15, -0.1) is 0 Å². The highest BCUT2D eigenvalue weighted by atomic mass is 32.2. The van der Waals surface area contributed by atoms with E-state index in [1.807, 2.05) is 6.08 Å². The smallest absolute Gasteiger partial charge is 0.317 e. The van der Waals surface area contributed by atoms with Gasteiger partial charge in [0, 0.05) is 13.1 Å². The second-order valence-electron chi connectivity index (χ2n) is 8.86. The summed E-state index contributed by atoms with van der Waals surface area (Å²) >= 11 is 0. The molecule has 2 heterocycles. The van der Waals surface area contributed by atoms with Gasteiger partial charge in [-0.3, -0.25) is 4.79 Å². The standard InChI is InChI=1S/C25H23F2N3O4S/c1-16-3-8-21(12-22(16)27)35(32,33)29-10-9-18-11-23-17(13-25(18,15-29)24(31)34-2)14-28-30(23)20-6-4-19(26)5-7-20/h3-8,11-12,14H,9-10,13,15H2,1-2H3. The zero-order valence-corrected chi connectivity index (χ0v) is 20.0. The first-order valence-electron chi connectivity index (χ1n) is 11.0. The molecule has 0 radical (unpaired) electrons. The van der Waals surface area contributed by atoms with Gasteiger partial charge in [0.05, 0.1) is 29.6 Å². The number of carbonyl (C=O) groups is 1. The zero-order valence-electron chi connectivity index (χ0n) is 19.2. The van der Waals surface area contributed by atoms with E-state index < -0.39 is 27.2 Å². The lowest BCUT2D eigenvalue weighted by molar-refractivity contribution is -0.151. The third kappa shape index (κ3) is 3.77. The van der Waals surface area contributed by atoms with E-state index in [4.69, 9.17) is 4.74 Å². The van der Waals surface area contributed by atoms with Crippen molar-refractivity contribution in [2.45, 2.75) is 24.7 Å². The summed E-state index contributed by atoms with van der Waals surface area (Å²) in [7, 11) is -2.78. The minimum absolute atomic E-state index is 0.127. The van der Waals surface area contributed by atoms with Gasteiger partial charge >= 0.3 is 5.97 Å². The summed E-state index contributed by atoms with van der Waals surface area (Å²) in [6.07, 6.45) is 3.95. The van der Waals surface area contributed by atoms with Gasteiger partial charge in [0.2, 0.25) is 10.0 Å². The highest BCUT2D eigenvalue weighted by Crippen LogP contribution is 2.46. The van der Waals surface area contributed by atoms with E-state index >= 15 is 0 Å². The fraction of sp³-hybridized carbons (Fsp3) is 0.280. The van der Waals surface area contributed by atoms with E-state index in [1.165, 1.54) is 35.7 Å². The van der Waals surface area contributed by atoms with Crippen molar-refractivity contribution in [1.29, 1.82) is 0 Å². The summed E-state index contributed by atoms with van der Waals surface area (Å²) in [6.45, 7) is 1.55. The molecular weight excluding hydrogens is 476 g/mol. The van der Waals surface area contributed by atoms with Crippen LogP contribution in [-0.2, 0) is 26.0 Å². The van der Waals surface area contributed by atoms with Gasteiger partial charge in [0.1, 0.15) is 17.0 Å². The minimum atomic E-state index is -4.05. The average molecular weight is 500 g/mol. The third-order valence-corrected chi connectivity index (χ3v) is 8.65. The molecule has 0 amide bonds. The number of sulfonamides is 1. The molecule has 1 saturated heterocycles. The number of aryl methyl sites for hydroxylation is 1. The Morgan fingerprint density at radius 2 is 1.89 bits per heavy atom. The molecule has 1 atom stereocenters.